The van der Waals surface area contributed by atoms with Crippen LogP contribution < -0.4 is 5.32 Å². The number of amides is 1. The third-order valence-electron chi connectivity index (χ3n) is 3.94. The number of methoxy groups -OCH3 is 1. The maximum atomic E-state index is 12.2. The van der Waals surface area contributed by atoms with Crippen LogP contribution in [0, 0.1) is 11.3 Å². The summed E-state index contributed by atoms with van der Waals surface area (Å²) in [4.78, 5) is 31.9. The number of nitrogens with one attached hydrogen (secondary N) is 1. The van der Waals surface area contributed by atoms with Gasteiger partial charge in [-0.2, -0.15) is 0 Å². The second-order valence-corrected chi connectivity index (χ2v) is 5.86. The SMILES string of the molecule is COC(=O)[C@]1(C)CC[C@@H](C(=O)NCc2nccnc2Cl)C1. The Labute approximate surface area is 128 Å². The lowest BCUT2D eigenvalue weighted by Crippen LogP contribution is -2.32. The molecule has 2 rings (SSSR count). The van der Waals surface area contributed by atoms with Gasteiger partial charge in [0, 0.05) is 18.3 Å². The summed E-state index contributed by atoms with van der Waals surface area (Å²) in [5.74, 6) is -0.538. The Morgan fingerprint density at radius 2 is 2.19 bits per heavy atom. The van der Waals surface area contributed by atoms with Crippen LogP contribution in [0.1, 0.15) is 31.9 Å². The second-order valence-electron chi connectivity index (χ2n) is 5.50. The zero-order valence-corrected chi connectivity index (χ0v) is 12.8. The van der Waals surface area contributed by atoms with Crippen molar-refractivity contribution >= 4 is 23.5 Å². The zero-order chi connectivity index (χ0) is 15.5. The molecular formula is C14H18ClN3O3. The van der Waals surface area contributed by atoms with Crippen LogP contribution in [0.5, 0.6) is 0 Å². The first-order valence-corrected chi connectivity index (χ1v) is 7.15. The number of esters is 1. The average Bonchev–Trinajstić information content (AvgIpc) is 2.89. The van der Waals surface area contributed by atoms with Crippen molar-refractivity contribution in [2.45, 2.75) is 32.7 Å². The minimum Gasteiger partial charge on any atom is -0.469 e. The van der Waals surface area contributed by atoms with Crippen molar-refractivity contribution in [1.29, 1.82) is 0 Å². The third-order valence-corrected chi connectivity index (χ3v) is 4.26. The number of nitrogens with zero attached hydrogens (tertiary/aromatic N) is 2. The topological polar surface area (TPSA) is 81.2 Å². The van der Waals surface area contributed by atoms with Crippen LogP contribution in [0.25, 0.3) is 0 Å². The molecule has 0 bridgehead atoms. The lowest BCUT2D eigenvalue weighted by molar-refractivity contribution is -0.151. The van der Waals surface area contributed by atoms with Gasteiger partial charge >= 0.3 is 5.97 Å². The van der Waals surface area contributed by atoms with Gasteiger partial charge in [-0.25, -0.2) is 4.98 Å². The molecule has 1 N–H and O–H groups in total. The summed E-state index contributed by atoms with van der Waals surface area (Å²) >= 11 is 5.89. The fourth-order valence-corrected chi connectivity index (χ4v) is 2.85. The Balaban J connectivity index is 1.91. The van der Waals surface area contributed by atoms with Crippen LogP contribution in [0.2, 0.25) is 5.15 Å². The summed E-state index contributed by atoms with van der Waals surface area (Å²) in [7, 11) is 1.37. The van der Waals surface area contributed by atoms with Crippen LogP contribution in [-0.4, -0.2) is 29.0 Å². The van der Waals surface area contributed by atoms with Crippen molar-refractivity contribution in [2.24, 2.45) is 11.3 Å². The first kappa shape index (κ1) is 15.7. The minimum absolute atomic E-state index is 0.0932. The molecule has 21 heavy (non-hydrogen) atoms. The Hall–Kier alpha value is -1.69. The van der Waals surface area contributed by atoms with Crippen molar-refractivity contribution in [2.75, 3.05) is 7.11 Å². The molecule has 0 radical (unpaired) electrons. The lowest BCUT2D eigenvalue weighted by atomic mass is 9.88. The molecule has 0 spiro atoms. The molecule has 1 amide bonds. The summed E-state index contributed by atoms with van der Waals surface area (Å²) in [5, 5.41) is 3.08. The Bertz CT molecular complexity index is 552. The van der Waals surface area contributed by atoms with Gasteiger partial charge in [0.1, 0.15) is 0 Å². The Kier molecular flexibility index (Phi) is 4.77. The maximum Gasteiger partial charge on any atom is 0.311 e. The predicted molar refractivity (Wildman–Crippen MR) is 76.4 cm³/mol. The fourth-order valence-electron chi connectivity index (χ4n) is 2.68. The van der Waals surface area contributed by atoms with Crippen molar-refractivity contribution in [1.82, 2.24) is 15.3 Å². The molecule has 6 nitrogen and oxygen atoms in total. The van der Waals surface area contributed by atoms with Crippen molar-refractivity contribution in [3.8, 4) is 0 Å². The van der Waals surface area contributed by atoms with Gasteiger partial charge in [0.2, 0.25) is 5.91 Å². The summed E-state index contributed by atoms with van der Waals surface area (Å²) < 4.78 is 4.80. The van der Waals surface area contributed by atoms with Gasteiger partial charge in [-0.1, -0.05) is 11.6 Å². The molecule has 0 aliphatic heterocycles. The van der Waals surface area contributed by atoms with E-state index in [0.29, 0.717) is 25.0 Å². The van der Waals surface area contributed by atoms with Gasteiger partial charge in [0.15, 0.2) is 5.15 Å². The maximum absolute atomic E-state index is 12.2. The summed E-state index contributed by atoms with van der Waals surface area (Å²) in [6.07, 6.45) is 4.85. The summed E-state index contributed by atoms with van der Waals surface area (Å²) in [6, 6.07) is 0. The Morgan fingerprint density at radius 3 is 2.86 bits per heavy atom. The van der Waals surface area contributed by atoms with Gasteiger partial charge in [0.25, 0.3) is 0 Å². The molecule has 0 unspecified atom stereocenters. The largest absolute Gasteiger partial charge is 0.469 e. The van der Waals surface area contributed by atoms with Gasteiger partial charge in [0.05, 0.1) is 24.8 Å². The normalized spacial score (nSPS) is 24.6. The van der Waals surface area contributed by atoms with Crippen LogP contribution in [0.4, 0.5) is 0 Å². The molecule has 1 aromatic heterocycles. The van der Waals surface area contributed by atoms with Crippen LogP contribution in [0.15, 0.2) is 12.4 Å². The molecule has 2 atom stereocenters. The summed E-state index contributed by atoms with van der Waals surface area (Å²) in [5.41, 5.74) is -0.0396. The van der Waals surface area contributed by atoms with Crippen molar-refractivity contribution in [3.05, 3.63) is 23.2 Å². The van der Waals surface area contributed by atoms with E-state index in [9.17, 15) is 9.59 Å². The van der Waals surface area contributed by atoms with Crippen LogP contribution >= 0.6 is 11.6 Å². The molecular weight excluding hydrogens is 294 g/mol. The van der Waals surface area contributed by atoms with Gasteiger partial charge < -0.3 is 10.1 Å². The molecule has 1 heterocycles. The van der Waals surface area contributed by atoms with E-state index in [1.807, 2.05) is 6.92 Å². The molecule has 1 aliphatic rings. The van der Waals surface area contributed by atoms with Crippen molar-refractivity contribution < 1.29 is 14.3 Å². The van der Waals surface area contributed by atoms with Gasteiger partial charge in [-0.15, -0.1) is 0 Å². The summed E-state index contributed by atoms with van der Waals surface area (Å²) in [6.45, 7) is 2.07. The van der Waals surface area contributed by atoms with Crippen LogP contribution in [0.3, 0.4) is 0 Å². The number of hydrogen-bond donors (Lipinski definition) is 1. The van der Waals surface area contributed by atoms with Crippen LogP contribution in [-0.2, 0) is 20.9 Å². The highest BCUT2D eigenvalue weighted by molar-refractivity contribution is 6.29. The third kappa shape index (κ3) is 3.50. The fraction of sp³-hybridized carbons (Fsp3) is 0.571. The number of carbonyl (C=O) groups is 2. The molecule has 114 valence electrons. The molecule has 0 aromatic carbocycles. The van der Waals surface area contributed by atoms with E-state index >= 15 is 0 Å². The highest BCUT2D eigenvalue weighted by Crippen LogP contribution is 2.42. The standard InChI is InChI=1S/C14H18ClN3O3/c1-14(13(20)21-2)4-3-9(7-14)12(19)18-8-10-11(15)17-6-5-16-10/h5-6,9H,3-4,7-8H2,1-2H3,(H,18,19)/t9-,14-/m1/s1. The first-order chi connectivity index (χ1) is 9.96. The number of halogens is 1. The molecule has 0 saturated heterocycles. The number of aromatic nitrogens is 2. The van der Waals surface area contributed by atoms with Crippen molar-refractivity contribution in [3.63, 3.8) is 0 Å². The number of carbonyl (C=O) groups excluding carboxylic acids is 2. The lowest BCUT2D eigenvalue weighted by Gasteiger charge is -2.20. The van der Waals surface area contributed by atoms with E-state index in [0.717, 1.165) is 0 Å². The van der Waals surface area contributed by atoms with E-state index in [4.69, 9.17) is 16.3 Å². The predicted octanol–water partition coefficient (Wildman–Crippen LogP) is 1.73. The highest BCUT2D eigenvalue weighted by atomic mass is 35.5. The van der Waals surface area contributed by atoms with E-state index in [1.54, 1.807) is 0 Å². The quantitative estimate of drug-likeness (QED) is 0.856. The Morgan fingerprint density at radius 1 is 1.48 bits per heavy atom. The monoisotopic (exact) mass is 311 g/mol. The smallest absolute Gasteiger partial charge is 0.311 e. The highest BCUT2D eigenvalue weighted by Gasteiger charge is 2.44. The number of ether oxygens (including phenoxy) is 1. The molecule has 7 heteroatoms. The van der Waals surface area contributed by atoms with E-state index in [-0.39, 0.29) is 29.5 Å². The van der Waals surface area contributed by atoms with Gasteiger partial charge in [-0.05, 0) is 26.2 Å². The van der Waals surface area contributed by atoms with E-state index in [1.165, 1.54) is 19.5 Å². The van der Waals surface area contributed by atoms with Gasteiger partial charge in [-0.3, -0.25) is 14.6 Å². The van der Waals surface area contributed by atoms with E-state index < -0.39 is 5.41 Å². The minimum atomic E-state index is -0.568. The molecule has 1 saturated carbocycles. The number of hydrogen-bond acceptors (Lipinski definition) is 5. The molecule has 1 aliphatic carbocycles. The molecule has 1 aromatic rings. The molecule has 1 fully saturated rings. The second kappa shape index (κ2) is 6.39. The average molecular weight is 312 g/mol. The first-order valence-electron chi connectivity index (χ1n) is 6.78. The zero-order valence-electron chi connectivity index (χ0n) is 12.1. The number of rotatable bonds is 4. The van der Waals surface area contributed by atoms with E-state index in [2.05, 4.69) is 15.3 Å².